The van der Waals surface area contributed by atoms with Crippen molar-refractivity contribution in [3.63, 3.8) is 0 Å². The zero-order valence-electron chi connectivity index (χ0n) is 84.4. The van der Waals surface area contributed by atoms with Gasteiger partial charge in [-0.2, -0.15) is 0 Å². The summed E-state index contributed by atoms with van der Waals surface area (Å²) in [4.78, 5) is 0. The third kappa shape index (κ3) is 12.2. The highest BCUT2D eigenvalue weighted by atomic mass is 14.5. The van der Waals surface area contributed by atoms with Crippen molar-refractivity contribution in [2.75, 3.05) is 0 Å². The van der Waals surface area contributed by atoms with Gasteiger partial charge in [0.15, 0.2) is 0 Å². The second-order valence-electron chi connectivity index (χ2n) is 43.2. The van der Waals surface area contributed by atoms with Gasteiger partial charge in [0.25, 0.3) is 0 Å². The lowest BCUT2D eigenvalue weighted by atomic mass is 9.65. The molecule has 150 heavy (non-hydrogen) atoms. The van der Waals surface area contributed by atoms with E-state index in [2.05, 4.69) is 520 Å². The highest BCUT2D eigenvalue weighted by Crippen LogP contribution is 2.70. The van der Waals surface area contributed by atoms with Crippen LogP contribution in [0.4, 0.5) is 0 Å². The zero-order chi connectivity index (χ0) is 99.1. The van der Waals surface area contributed by atoms with Crippen molar-refractivity contribution in [2.45, 2.75) is 87.9 Å². The van der Waals surface area contributed by atoms with Gasteiger partial charge in [0.1, 0.15) is 0 Å². The summed E-state index contributed by atoms with van der Waals surface area (Å²) in [6.07, 6.45) is 0. The summed E-state index contributed by atoms with van der Waals surface area (Å²) >= 11 is 0. The van der Waals surface area contributed by atoms with Crippen LogP contribution in [0.1, 0.15) is 177 Å². The Labute approximate surface area is 874 Å². The minimum atomic E-state index is 0.292. The molecule has 0 saturated heterocycles. The van der Waals surface area contributed by atoms with Crippen LogP contribution in [-0.2, 0) is 0 Å². The number of allylic oxidation sites excluding steroid dienone is 4. The molecule has 35 rings (SSSR count). The molecule has 0 heteroatoms. The van der Waals surface area contributed by atoms with E-state index in [1.807, 2.05) is 0 Å². The molecule has 0 saturated carbocycles. The molecule has 0 bridgehead atoms. The maximum Gasteiger partial charge on any atom is 0.0367 e. The normalized spacial score (nSPS) is 17.3. The van der Waals surface area contributed by atoms with Gasteiger partial charge in [0.2, 0.25) is 0 Å². The summed E-state index contributed by atoms with van der Waals surface area (Å²) in [6, 6.07) is 180. The average molecular weight is 1910 g/mol. The van der Waals surface area contributed by atoms with E-state index in [1.165, 1.54) is 285 Å². The van der Waals surface area contributed by atoms with E-state index in [9.17, 15) is 0 Å². The Morgan fingerprint density at radius 1 is 0.140 bits per heavy atom. The van der Waals surface area contributed by atoms with Crippen LogP contribution < -0.4 is 0 Å². The van der Waals surface area contributed by atoms with Gasteiger partial charge in [-0.3, -0.25) is 0 Å². The standard InChI is InChI=1S/2C30H22.3C30H20/c5*1-18-27-23-14-6-2-10-19(23)21-12-4-8-16-25(21)29(27)30-26-17-9-5-13-22(26)20-11-3-7-15-24(20)28(18)30/h2-17,27,29-30H,1H3;2-18,27,29H,1H3;2-17,29H,1H3;2*2-18H,1H3. The molecule has 9 aliphatic carbocycles. The summed E-state index contributed by atoms with van der Waals surface area (Å²) in [5, 5.41) is 33.0. The predicted octanol–water partition coefficient (Wildman–Crippen LogP) is 40.7. The van der Waals surface area contributed by atoms with Crippen molar-refractivity contribution in [3.05, 3.63) is 580 Å². The monoisotopic (exact) mass is 1900 g/mol. The molecule has 0 radical (unpaired) electrons. The quantitative estimate of drug-likeness (QED) is 0.133. The first-order chi connectivity index (χ1) is 74.2. The fourth-order valence-electron chi connectivity index (χ4n) is 30.9. The topological polar surface area (TPSA) is 0 Å². The molecule has 0 heterocycles. The lowest BCUT2D eigenvalue weighted by Gasteiger charge is -2.37. The molecule has 0 nitrogen and oxygen atoms in total. The highest BCUT2D eigenvalue weighted by Gasteiger charge is 2.52. The van der Waals surface area contributed by atoms with E-state index in [4.69, 9.17) is 0 Å². The first-order valence-electron chi connectivity index (χ1n) is 54.0. The molecule has 0 aromatic heterocycles. The van der Waals surface area contributed by atoms with Crippen LogP contribution in [0.15, 0.2) is 491 Å². The van der Waals surface area contributed by atoms with Crippen LogP contribution in [-0.4, -0.2) is 0 Å². The van der Waals surface area contributed by atoms with Gasteiger partial charge in [0.05, 0.1) is 0 Å². The van der Waals surface area contributed by atoms with Gasteiger partial charge < -0.3 is 0 Å². The van der Waals surface area contributed by atoms with Crippen LogP contribution in [0.3, 0.4) is 0 Å². The van der Waals surface area contributed by atoms with E-state index in [0.29, 0.717) is 53.3 Å². The second-order valence-corrected chi connectivity index (χ2v) is 43.2. The summed E-state index contributed by atoms with van der Waals surface area (Å²) < 4.78 is 0. The third-order valence-corrected chi connectivity index (χ3v) is 36.4. The number of fused-ring (bicyclic) bond motifs is 65. The molecular weight excluding hydrogens is 1800 g/mol. The summed E-state index contributed by atoms with van der Waals surface area (Å²) in [6.45, 7) is 12.0. The molecule has 9 aliphatic rings. The molecule has 0 aliphatic heterocycles. The van der Waals surface area contributed by atoms with Crippen molar-refractivity contribution in [2.24, 2.45) is 0 Å². The number of hydrogen-bond donors (Lipinski definition) is 0. The second kappa shape index (κ2) is 33.7. The van der Waals surface area contributed by atoms with Crippen molar-refractivity contribution >= 4 is 146 Å². The minimum absolute atomic E-state index is 0.292. The molecule has 26 aromatic carbocycles. The van der Waals surface area contributed by atoms with E-state index in [0.717, 1.165) is 0 Å². The average Bonchev–Trinajstić information content (AvgIpc) is 1.55. The van der Waals surface area contributed by atoms with Crippen molar-refractivity contribution < 1.29 is 0 Å². The molecule has 0 N–H and O–H groups in total. The van der Waals surface area contributed by atoms with Crippen LogP contribution in [0.2, 0.25) is 0 Å². The van der Waals surface area contributed by atoms with Gasteiger partial charge >= 0.3 is 0 Å². The van der Waals surface area contributed by atoms with E-state index in [-0.39, 0.29) is 0 Å². The van der Waals surface area contributed by atoms with Gasteiger partial charge in [-0.25, -0.2) is 0 Å². The highest BCUT2D eigenvalue weighted by molar-refractivity contribution is 6.29. The van der Waals surface area contributed by atoms with Crippen LogP contribution in [0, 0.1) is 0 Å². The Kier molecular flexibility index (Phi) is 19.4. The summed E-state index contributed by atoms with van der Waals surface area (Å²) in [5.41, 5.74) is 46.7. The largest absolute Gasteiger partial charge is 0.0619 e. The molecule has 7 atom stereocenters. The Morgan fingerprint density at radius 3 is 0.687 bits per heavy atom. The molecule has 0 fully saturated rings. The van der Waals surface area contributed by atoms with E-state index in [1.54, 1.807) is 22.3 Å². The maximum atomic E-state index is 2.45. The lowest BCUT2D eigenvalue weighted by Crippen LogP contribution is -2.20. The van der Waals surface area contributed by atoms with Crippen LogP contribution >= 0.6 is 0 Å². The molecule has 26 aromatic rings. The Hall–Kier alpha value is -17.7. The zero-order valence-corrected chi connectivity index (χ0v) is 84.4. The van der Waals surface area contributed by atoms with Crippen LogP contribution in [0.5, 0.6) is 0 Å². The Balaban J connectivity index is 0.0000000844. The van der Waals surface area contributed by atoms with E-state index < -0.39 is 0 Å². The van der Waals surface area contributed by atoms with Gasteiger partial charge in [-0.05, 0) is 322 Å². The molecule has 0 amide bonds. The number of rotatable bonds is 0. The fourth-order valence-corrected chi connectivity index (χ4v) is 30.9. The van der Waals surface area contributed by atoms with Crippen molar-refractivity contribution in [1.82, 2.24) is 0 Å². The van der Waals surface area contributed by atoms with Crippen LogP contribution in [0.25, 0.3) is 213 Å². The molecule has 704 valence electrons. The first-order valence-corrected chi connectivity index (χ1v) is 54.0. The van der Waals surface area contributed by atoms with Gasteiger partial charge in [-0.15, -0.1) is 0 Å². The summed E-state index contributed by atoms with van der Waals surface area (Å²) in [5.74, 6) is 3.70. The van der Waals surface area contributed by atoms with Crippen molar-refractivity contribution in [1.29, 1.82) is 0 Å². The number of benzene rings is 26. The fraction of sp³-hybridized carbons (Fsp3) is 0.0933. The van der Waals surface area contributed by atoms with Gasteiger partial charge in [-0.1, -0.05) is 512 Å². The number of hydrogen-bond acceptors (Lipinski definition) is 0. The SMILES string of the molecule is CC1=C2c3ccccc3-c3ccccc3C2C2c3ccccc3-c3ccccc3C12.CC1=C2c3ccccc3-c3ccccc3C2c2c1c1ccccc1c1ccccc21.CC1c2c(c3ccccc3c3ccccc23)-c2c1c1ccccc1c1ccccc21.CC1c2c(c3ccccc3c3ccccc23)-c2c1c1ccccc1c1ccccc21.CC1c2c(c3ccccc3c3ccccc23)C2c3ccccc3-c3ccccc3C12. The molecule has 7 unspecified atom stereocenters. The minimum Gasteiger partial charge on any atom is -0.0619 e. The lowest BCUT2D eigenvalue weighted by molar-refractivity contribution is 0.570. The Morgan fingerprint density at radius 2 is 0.347 bits per heavy atom. The van der Waals surface area contributed by atoms with E-state index >= 15 is 0 Å². The predicted molar refractivity (Wildman–Crippen MR) is 637 cm³/mol. The smallest absolute Gasteiger partial charge is 0.0367 e. The summed E-state index contributed by atoms with van der Waals surface area (Å²) in [7, 11) is 0. The van der Waals surface area contributed by atoms with Crippen molar-refractivity contribution in [3.8, 4) is 66.8 Å². The molecular formula is C150H104. The van der Waals surface area contributed by atoms with Gasteiger partial charge in [0, 0.05) is 47.3 Å². The Bertz CT molecular complexity index is 9900. The third-order valence-electron chi connectivity index (χ3n) is 36.4. The maximum absolute atomic E-state index is 2.45. The molecule has 0 spiro atoms. The first kappa shape index (κ1) is 86.6.